The summed E-state index contributed by atoms with van der Waals surface area (Å²) in [5.74, 6) is -1.18. The lowest BCUT2D eigenvalue weighted by molar-refractivity contribution is -0.138. The molecule has 0 amide bonds. The van der Waals surface area contributed by atoms with Gasteiger partial charge in [-0.1, -0.05) is 23.7 Å². The van der Waals surface area contributed by atoms with Gasteiger partial charge in [0.25, 0.3) is 0 Å². The Kier molecular flexibility index (Phi) is 4.82. The van der Waals surface area contributed by atoms with E-state index < -0.39 is 11.8 Å². The minimum atomic E-state index is -0.654. The molecule has 0 atom stereocenters. The van der Waals surface area contributed by atoms with Gasteiger partial charge in [-0.05, 0) is 30.3 Å². The Bertz CT molecular complexity index is 998. The smallest absolute Gasteiger partial charge is 0.331 e. The van der Waals surface area contributed by atoms with Gasteiger partial charge in [-0.15, -0.1) is 0 Å². The van der Waals surface area contributed by atoms with Crippen molar-refractivity contribution in [3.8, 4) is 6.07 Å². The number of carbonyl (C=O) groups excluding carboxylic acids is 1. The third kappa shape index (κ3) is 3.54. The van der Waals surface area contributed by atoms with Gasteiger partial charge in [-0.2, -0.15) is 5.26 Å². The van der Waals surface area contributed by atoms with Crippen LogP contribution in [0.1, 0.15) is 16.7 Å². The molecule has 0 unspecified atom stereocenters. The molecule has 0 bridgehead atoms. The first-order chi connectivity index (χ1) is 12.1. The van der Waals surface area contributed by atoms with Gasteiger partial charge in [0.15, 0.2) is 0 Å². The van der Waals surface area contributed by atoms with Gasteiger partial charge in [0.2, 0.25) is 0 Å². The highest BCUT2D eigenvalue weighted by atomic mass is 35.5. The monoisotopic (exact) mass is 354 g/mol. The first-order valence-corrected chi connectivity index (χ1v) is 7.75. The van der Waals surface area contributed by atoms with Crippen LogP contribution in [0.15, 0.2) is 54.9 Å². The summed E-state index contributed by atoms with van der Waals surface area (Å²) in [4.78, 5) is 11.9. The first kappa shape index (κ1) is 16.7. The van der Waals surface area contributed by atoms with Gasteiger partial charge in [0.1, 0.15) is 18.5 Å². The second-order valence-corrected chi connectivity index (χ2v) is 5.62. The molecule has 3 aromatic rings. The number of ether oxygens (including phenoxy) is 1. The molecule has 6 heteroatoms. The predicted octanol–water partition coefficient (Wildman–Crippen LogP) is 4.36. The molecule has 0 saturated heterocycles. The van der Waals surface area contributed by atoms with Crippen LogP contribution in [0.25, 0.3) is 11.6 Å². The molecule has 0 N–H and O–H groups in total. The Balaban J connectivity index is 1.73. The van der Waals surface area contributed by atoms with E-state index in [2.05, 4.69) is 6.07 Å². The molecular formula is C19H12ClFN2O2. The third-order valence-electron chi connectivity index (χ3n) is 3.63. The van der Waals surface area contributed by atoms with E-state index in [4.69, 9.17) is 16.3 Å². The molecule has 0 aliphatic rings. The Morgan fingerprint density at radius 1 is 1.32 bits per heavy atom. The van der Waals surface area contributed by atoms with Gasteiger partial charge in [-0.3, -0.25) is 0 Å². The largest absolute Gasteiger partial charge is 0.458 e. The lowest BCUT2D eigenvalue weighted by Crippen LogP contribution is -2.01. The molecule has 4 nitrogen and oxygen atoms in total. The van der Waals surface area contributed by atoms with Crippen molar-refractivity contribution in [2.45, 2.75) is 6.61 Å². The zero-order valence-corrected chi connectivity index (χ0v) is 13.7. The van der Waals surface area contributed by atoms with E-state index in [1.54, 1.807) is 10.6 Å². The maximum Gasteiger partial charge on any atom is 0.331 e. The fourth-order valence-electron chi connectivity index (χ4n) is 2.43. The van der Waals surface area contributed by atoms with Crippen molar-refractivity contribution >= 4 is 29.2 Å². The van der Waals surface area contributed by atoms with Crippen molar-refractivity contribution in [3.05, 3.63) is 82.4 Å². The summed E-state index contributed by atoms with van der Waals surface area (Å²) in [5, 5.41) is 9.51. The van der Waals surface area contributed by atoms with E-state index in [1.165, 1.54) is 24.3 Å². The maximum absolute atomic E-state index is 13.6. The molecule has 2 heterocycles. The Morgan fingerprint density at radius 3 is 2.92 bits per heavy atom. The number of rotatable bonds is 4. The number of esters is 1. The minimum Gasteiger partial charge on any atom is -0.458 e. The van der Waals surface area contributed by atoms with E-state index in [0.717, 1.165) is 11.6 Å². The second-order valence-electron chi connectivity index (χ2n) is 5.21. The van der Waals surface area contributed by atoms with Crippen LogP contribution in [0.3, 0.4) is 0 Å². The predicted molar refractivity (Wildman–Crippen MR) is 92.4 cm³/mol. The summed E-state index contributed by atoms with van der Waals surface area (Å²) in [6.07, 6.45) is 5.91. The Hall–Kier alpha value is -3.10. The minimum absolute atomic E-state index is 0.0568. The molecule has 0 fully saturated rings. The Labute approximate surface area is 148 Å². The van der Waals surface area contributed by atoms with Crippen LogP contribution < -0.4 is 0 Å². The molecule has 0 spiro atoms. The number of hydrogen-bond acceptors (Lipinski definition) is 3. The molecule has 0 saturated carbocycles. The molecule has 0 aliphatic carbocycles. The molecular weight excluding hydrogens is 343 g/mol. The van der Waals surface area contributed by atoms with Crippen molar-refractivity contribution in [2.24, 2.45) is 0 Å². The quantitative estimate of drug-likeness (QED) is 0.516. The van der Waals surface area contributed by atoms with E-state index in [9.17, 15) is 14.4 Å². The molecule has 3 rings (SSSR count). The molecule has 0 aliphatic heterocycles. The number of aromatic nitrogens is 1. The van der Waals surface area contributed by atoms with Crippen LogP contribution in [0.5, 0.6) is 0 Å². The second kappa shape index (κ2) is 7.20. The summed E-state index contributed by atoms with van der Waals surface area (Å²) in [6, 6.07) is 11.9. The van der Waals surface area contributed by atoms with Crippen LogP contribution in [-0.2, 0) is 16.1 Å². The average Bonchev–Trinajstić information content (AvgIpc) is 2.97. The highest BCUT2D eigenvalue weighted by Crippen LogP contribution is 2.21. The van der Waals surface area contributed by atoms with Gasteiger partial charge in [0, 0.05) is 29.6 Å². The summed E-state index contributed by atoms with van der Waals surface area (Å²) >= 11 is 5.89. The highest BCUT2D eigenvalue weighted by Gasteiger charge is 2.11. The van der Waals surface area contributed by atoms with Crippen LogP contribution in [0.2, 0.25) is 5.02 Å². The average molecular weight is 355 g/mol. The lowest BCUT2D eigenvalue weighted by atomic mass is 10.2. The van der Waals surface area contributed by atoms with Crippen molar-refractivity contribution in [1.29, 1.82) is 5.26 Å². The van der Waals surface area contributed by atoms with Crippen molar-refractivity contribution < 1.29 is 13.9 Å². The first-order valence-electron chi connectivity index (χ1n) is 7.37. The molecule has 0 radical (unpaired) electrons. The number of pyridine rings is 1. The lowest BCUT2D eigenvalue weighted by Gasteiger charge is -2.01. The molecule has 2 aromatic heterocycles. The van der Waals surface area contributed by atoms with Crippen molar-refractivity contribution in [3.63, 3.8) is 0 Å². The molecule has 1 aromatic carbocycles. The maximum atomic E-state index is 13.6. The summed E-state index contributed by atoms with van der Waals surface area (Å²) in [6.45, 7) is -0.0568. The number of benzene rings is 1. The number of hydrogen-bond donors (Lipinski definition) is 0. The number of carbonyl (C=O) groups is 1. The van der Waals surface area contributed by atoms with Crippen LogP contribution in [-0.4, -0.2) is 10.4 Å². The summed E-state index contributed by atoms with van der Waals surface area (Å²) in [7, 11) is 0. The summed E-state index contributed by atoms with van der Waals surface area (Å²) < 4.78 is 20.6. The Morgan fingerprint density at radius 2 is 2.16 bits per heavy atom. The normalized spacial score (nSPS) is 10.9. The highest BCUT2D eigenvalue weighted by molar-refractivity contribution is 6.32. The standard InChI is InChI=1S/C19H12ClFN2O2/c20-16-4-3-5-17(21)14(16)7-8-19(24)25-12-13-11-23-9-2-1-6-18(23)15(13)10-22/h1-9,11H,12H2/b8-7+. The van der Waals surface area contributed by atoms with E-state index in [0.29, 0.717) is 11.1 Å². The van der Waals surface area contributed by atoms with Crippen LogP contribution in [0, 0.1) is 17.1 Å². The van der Waals surface area contributed by atoms with E-state index >= 15 is 0 Å². The fourth-order valence-corrected chi connectivity index (χ4v) is 2.66. The van der Waals surface area contributed by atoms with Crippen LogP contribution in [0.4, 0.5) is 4.39 Å². The zero-order chi connectivity index (χ0) is 17.8. The van der Waals surface area contributed by atoms with Gasteiger partial charge < -0.3 is 9.14 Å². The molecule has 25 heavy (non-hydrogen) atoms. The van der Waals surface area contributed by atoms with Gasteiger partial charge >= 0.3 is 5.97 Å². The number of nitrogens with zero attached hydrogens (tertiary/aromatic N) is 2. The third-order valence-corrected chi connectivity index (χ3v) is 3.96. The van der Waals surface area contributed by atoms with Crippen LogP contribution >= 0.6 is 11.6 Å². The van der Waals surface area contributed by atoms with Crippen molar-refractivity contribution in [2.75, 3.05) is 0 Å². The fraction of sp³-hybridized carbons (Fsp3) is 0.0526. The van der Waals surface area contributed by atoms with E-state index in [-0.39, 0.29) is 17.2 Å². The SMILES string of the molecule is N#Cc1c(COC(=O)/C=C/c2c(F)cccc2Cl)cn2ccccc12. The van der Waals surface area contributed by atoms with Crippen molar-refractivity contribution in [1.82, 2.24) is 4.40 Å². The zero-order valence-electron chi connectivity index (χ0n) is 12.9. The van der Waals surface area contributed by atoms with Gasteiger partial charge in [-0.25, -0.2) is 9.18 Å². The summed E-state index contributed by atoms with van der Waals surface area (Å²) in [5.41, 5.74) is 1.91. The topological polar surface area (TPSA) is 54.5 Å². The van der Waals surface area contributed by atoms with E-state index in [1.807, 2.05) is 24.4 Å². The number of fused-ring (bicyclic) bond motifs is 1. The number of halogens is 2. The van der Waals surface area contributed by atoms with Gasteiger partial charge in [0.05, 0.1) is 16.1 Å². The number of nitriles is 1. The molecule has 124 valence electrons.